The van der Waals surface area contributed by atoms with Crippen molar-refractivity contribution in [3.63, 3.8) is 0 Å². The summed E-state index contributed by atoms with van der Waals surface area (Å²) < 4.78 is 60.9. The Bertz CT molecular complexity index is 743. The number of alkyl halides is 3. The highest BCUT2D eigenvalue weighted by Gasteiger charge is 2.47. The molecular weight excluding hydrogens is 325 g/mol. The van der Waals surface area contributed by atoms with Gasteiger partial charge in [0.1, 0.15) is 0 Å². The second-order valence-electron chi connectivity index (χ2n) is 4.54. The first-order valence-corrected chi connectivity index (χ1v) is 7.66. The van der Waals surface area contributed by atoms with Crippen molar-refractivity contribution in [2.24, 2.45) is 0 Å². The lowest BCUT2D eigenvalue weighted by atomic mass is 10.1. The molecule has 1 aliphatic heterocycles. The topological polar surface area (TPSA) is 83.6 Å². The van der Waals surface area contributed by atoms with Crippen molar-refractivity contribution < 1.29 is 31.2 Å². The van der Waals surface area contributed by atoms with Gasteiger partial charge in [0.2, 0.25) is 0 Å². The second kappa shape index (κ2) is 5.27. The van der Waals surface area contributed by atoms with Crippen molar-refractivity contribution in [1.82, 2.24) is 4.90 Å². The Morgan fingerprint density at radius 3 is 2.36 bits per heavy atom. The molecule has 0 spiro atoms. The molecule has 0 radical (unpaired) electrons. The minimum atomic E-state index is -5.68. The minimum Gasteiger partial charge on any atom is -0.275 e. The number of sulfonamides is 1. The molecule has 2 amide bonds. The summed E-state index contributed by atoms with van der Waals surface area (Å²) in [5, 5.41) is 0. The van der Waals surface area contributed by atoms with Crippen LogP contribution in [0.15, 0.2) is 18.2 Å². The van der Waals surface area contributed by atoms with Gasteiger partial charge in [0.25, 0.3) is 11.8 Å². The Morgan fingerprint density at radius 2 is 1.82 bits per heavy atom. The predicted octanol–water partition coefficient (Wildman–Crippen LogP) is 1.95. The maximum atomic E-state index is 12.4. The van der Waals surface area contributed by atoms with Crippen LogP contribution in [-0.2, 0) is 10.0 Å². The molecule has 0 atom stereocenters. The molecule has 0 unspecified atom stereocenters. The summed E-state index contributed by atoms with van der Waals surface area (Å²) >= 11 is 0. The zero-order valence-electron chi connectivity index (χ0n) is 11.3. The molecule has 0 aromatic heterocycles. The first-order chi connectivity index (χ1) is 10.1. The minimum absolute atomic E-state index is 0.0950. The third-order valence-electron chi connectivity index (χ3n) is 3.00. The van der Waals surface area contributed by atoms with E-state index in [-0.39, 0.29) is 17.7 Å². The van der Waals surface area contributed by atoms with E-state index in [0.717, 1.165) is 11.0 Å². The Kier molecular flexibility index (Phi) is 3.90. The summed E-state index contributed by atoms with van der Waals surface area (Å²) in [6.45, 7) is 1.81. The highest BCUT2D eigenvalue weighted by molar-refractivity contribution is 7.93. The molecule has 1 aromatic rings. The highest BCUT2D eigenvalue weighted by atomic mass is 32.2. The average molecular weight is 336 g/mol. The van der Waals surface area contributed by atoms with Gasteiger partial charge in [0.15, 0.2) is 0 Å². The molecule has 120 valence electrons. The Labute approximate surface area is 124 Å². The van der Waals surface area contributed by atoms with E-state index in [4.69, 9.17) is 0 Å². The maximum absolute atomic E-state index is 12.4. The van der Waals surface area contributed by atoms with Crippen LogP contribution in [0, 0.1) is 0 Å². The van der Waals surface area contributed by atoms with Crippen LogP contribution in [0.5, 0.6) is 0 Å². The molecule has 2 rings (SSSR count). The number of amides is 2. The quantitative estimate of drug-likeness (QED) is 0.852. The number of halogens is 3. The van der Waals surface area contributed by atoms with Crippen LogP contribution in [0.2, 0.25) is 0 Å². The standard InChI is InChI=1S/C12H11F3N2O4S/c1-2-6-17-10(18)7-4-3-5-8(9(7)11(17)19)16-22(20,21)12(13,14)15/h3-5,16H,2,6H2,1H3. The third kappa shape index (κ3) is 2.54. The van der Waals surface area contributed by atoms with Crippen molar-refractivity contribution >= 4 is 27.5 Å². The smallest absolute Gasteiger partial charge is 0.275 e. The van der Waals surface area contributed by atoms with E-state index >= 15 is 0 Å². The Balaban J connectivity index is 2.49. The zero-order valence-corrected chi connectivity index (χ0v) is 12.1. The van der Waals surface area contributed by atoms with Crippen LogP contribution in [0.4, 0.5) is 18.9 Å². The van der Waals surface area contributed by atoms with Gasteiger partial charge in [0.05, 0.1) is 16.8 Å². The lowest BCUT2D eigenvalue weighted by molar-refractivity contribution is -0.0429. The van der Waals surface area contributed by atoms with Crippen molar-refractivity contribution in [2.75, 3.05) is 11.3 Å². The van der Waals surface area contributed by atoms with Crippen molar-refractivity contribution in [3.8, 4) is 0 Å². The number of carbonyl (C=O) groups excluding carboxylic acids is 2. The average Bonchev–Trinajstić information content (AvgIpc) is 2.64. The SMILES string of the molecule is CCCN1C(=O)c2cccc(NS(=O)(=O)C(F)(F)F)c2C1=O. The zero-order chi connectivity index (χ0) is 16.7. The van der Waals surface area contributed by atoms with Crippen LogP contribution in [0.25, 0.3) is 0 Å². The van der Waals surface area contributed by atoms with Gasteiger partial charge >= 0.3 is 15.5 Å². The number of benzene rings is 1. The molecule has 22 heavy (non-hydrogen) atoms. The monoisotopic (exact) mass is 336 g/mol. The summed E-state index contributed by atoms with van der Waals surface area (Å²) in [5.41, 5.74) is -6.58. The highest BCUT2D eigenvalue weighted by Crippen LogP contribution is 2.32. The fourth-order valence-corrected chi connectivity index (χ4v) is 2.62. The number of hydrogen-bond acceptors (Lipinski definition) is 4. The second-order valence-corrected chi connectivity index (χ2v) is 6.22. The van der Waals surface area contributed by atoms with Gasteiger partial charge in [-0.15, -0.1) is 0 Å². The van der Waals surface area contributed by atoms with Gasteiger partial charge in [-0.2, -0.15) is 21.6 Å². The van der Waals surface area contributed by atoms with E-state index in [1.165, 1.54) is 16.9 Å². The normalized spacial score (nSPS) is 15.2. The number of fused-ring (bicyclic) bond motifs is 1. The summed E-state index contributed by atoms with van der Waals surface area (Å²) in [7, 11) is -5.68. The van der Waals surface area contributed by atoms with Crippen LogP contribution in [0.1, 0.15) is 34.1 Å². The summed E-state index contributed by atoms with van der Waals surface area (Å²) in [5.74, 6) is -1.47. The number of anilines is 1. The maximum Gasteiger partial charge on any atom is 0.516 e. The molecule has 0 saturated carbocycles. The molecule has 1 heterocycles. The van der Waals surface area contributed by atoms with E-state index in [0.29, 0.717) is 6.42 Å². The van der Waals surface area contributed by atoms with Gasteiger partial charge in [0, 0.05) is 6.54 Å². The van der Waals surface area contributed by atoms with Crippen LogP contribution < -0.4 is 4.72 Å². The van der Waals surface area contributed by atoms with E-state index in [9.17, 15) is 31.2 Å². The summed E-state index contributed by atoms with van der Waals surface area (Å²) in [4.78, 5) is 25.0. The summed E-state index contributed by atoms with van der Waals surface area (Å²) in [6.07, 6.45) is 0.467. The van der Waals surface area contributed by atoms with Crippen molar-refractivity contribution in [2.45, 2.75) is 18.9 Å². The molecular formula is C12H11F3N2O4S. The molecule has 0 bridgehead atoms. The van der Waals surface area contributed by atoms with Crippen LogP contribution in [-0.4, -0.2) is 37.2 Å². The number of hydrogen-bond donors (Lipinski definition) is 1. The van der Waals surface area contributed by atoms with E-state index < -0.39 is 33.0 Å². The van der Waals surface area contributed by atoms with Gasteiger partial charge in [-0.05, 0) is 18.6 Å². The van der Waals surface area contributed by atoms with Crippen molar-refractivity contribution in [1.29, 1.82) is 0 Å². The number of nitrogens with one attached hydrogen (secondary N) is 1. The van der Waals surface area contributed by atoms with Crippen LogP contribution in [0.3, 0.4) is 0 Å². The molecule has 10 heteroatoms. The summed E-state index contributed by atoms with van der Waals surface area (Å²) in [6, 6.07) is 3.47. The number of imide groups is 1. The van der Waals surface area contributed by atoms with Crippen LogP contribution >= 0.6 is 0 Å². The molecule has 1 N–H and O–H groups in total. The van der Waals surface area contributed by atoms with Gasteiger partial charge in [-0.1, -0.05) is 13.0 Å². The predicted molar refractivity (Wildman–Crippen MR) is 70.7 cm³/mol. The first kappa shape index (κ1) is 16.3. The fraction of sp³-hybridized carbons (Fsp3) is 0.333. The molecule has 0 fully saturated rings. The van der Waals surface area contributed by atoms with Crippen molar-refractivity contribution in [3.05, 3.63) is 29.3 Å². The van der Waals surface area contributed by atoms with E-state index in [1.807, 2.05) is 0 Å². The lowest BCUT2D eigenvalue weighted by Gasteiger charge is -2.13. The Morgan fingerprint density at radius 1 is 1.18 bits per heavy atom. The van der Waals surface area contributed by atoms with Gasteiger partial charge in [-0.3, -0.25) is 19.2 Å². The number of nitrogens with zero attached hydrogens (tertiary/aromatic N) is 1. The lowest BCUT2D eigenvalue weighted by Crippen LogP contribution is -2.32. The number of rotatable bonds is 4. The Hall–Kier alpha value is -2.10. The largest absolute Gasteiger partial charge is 0.516 e. The molecule has 6 nitrogen and oxygen atoms in total. The number of carbonyl (C=O) groups is 2. The fourth-order valence-electron chi connectivity index (χ4n) is 2.05. The van der Waals surface area contributed by atoms with Gasteiger partial charge in [-0.25, -0.2) is 0 Å². The molecule has 0 saturated heterocycles. The molecule has 1 aliphatic rings. The molecule has 1 aromatic carbocycles. The van der Waals surface area contributed by atoms with E-state index in [1.54, 1.807) is 6.92 Å². The van der Waals surface area contributed by atoms with Gasteiger partial charge < -0.3 is 0 Å². The molecule has 0 aliphatic carbocycles. The first-order valence-electron chi connectivity index (χ1n) is 6.18. The van der Waals surface area contributed by atoms with E-state index in [2.05, 4.69) is 0 Å². The third-order valence-corrected chi connectivity index (χ3v) is 4.09.